The molecule has 0 amide bonds. The van der Waals surface area contributed by atoms with E-state index in [-0.39, 0.29) is 18.5 Å². The van der Waals surface area contributed by atoms with E-state index < -0.39 is 0 Å². The molecule has 0 aromatic rings. The van der Waals surface area contributed by atoms with Crippen LogP contribution in [0.4, 0.5) is 0 Å². The summed E-state index contributed by atoms with van der Waals surface area (Å²) < 4.78 is 4.94. The highest BCUT2D eigenvalue weighted by atomic mass is 16.5. The number of rotatable bonds is 8. The molecular weight excluding hydrogens is 194 g/mol. The Kier molecular flexibility index (Phi) is 8.33. The van der Waals surface area contributed by atoms with Gasteiger partial charge in [0.1, 0.15) is 0 Å². The molecule has 1 atom stereocenters. The monoisotopic (exact) mass is 217 g/mol. The molecule has 0 unspecified atom stereocenters. The fraction of sp³-hybridized carbons (Fsp3) is 0.909. The summed E-state index contributed by atoms with van der Waals surface area (Å²) in [6.07, 6.45) is 1.84. The van der Waals surface area contributed by atoms with Crippen LogP contribution in [0.25, 0.3) is 0 Å². The van der Waals surface area contributed by atoms with Crippen LogP contribution in [0.2, 0.25) is 0 Å². The number of carbonyl (C=O) groups excluding carboxylic acids is 1. The van der Waals surface area contributed by atoms with Crippen molar-refractivity contribution in [1.82, 2.24) is 0 Å². The van der Waals surface area contributed by atoms with Gasteiger partial charge in [-0.1, -0.05) is 13.8 Å². The zero-order chi connectivity index (χ0) is 11.7. The van der Waals surface area contributed by atoms with Crippen molar-refractivity contribution in [3.8, 4) is 0 Å². The fourth-order valence-corrected chi connectivity index (χ4v) is 1.47. The number of aliphatic hydroxyl groups excluding tert-OH is 1. The number of esters is 1. The zero-order valence-electron chi connectivity index (χ0n) is 9.74. The molecule has 90 valence electrons. The highest BCUT2D eigenvalue weighted by molar-refractivity contribution is 5.69. The zero-order valence-corrected chi connectivity index (χ0v) is 9.74. The molecule has 15 heavy (non-hydrogen) atoms. The van der Waals surface area contributed by atoms with Crippen molar-refractivity contribution in [2.45, 2.75) is 33.1 Å². The Morgan fingerprint density at radius 3 is 2.60 bits per heavy atom. The molecule has 0 spiro atoms. The van der Waals surface area contributed by atoms with Crippen LogP contribution in [0.1, 0.15) is 33.1 Å². The summed E-state index contributed by atoms with van der Waals surface area (Å²) in [4.78, 5) is 11.3. The highest BCUT2D eigenvalue weighted by Crippen LogP contribution is 2.14. The molecule has 0 saturated heterocycles. The van der Waals surface area contributed by atoms with Gasteiger partial charge in [-0.3, -0.25) is 4.79 Å². The average molecular weight is 217 g/mol. The maximum Gasteiger partial charge on any atom is 0.306 e. The van der Waals surface area contributed by atoms with E-state index in [1.165, 1.54) is 0 Å². The Balaban J connectivity index is 3.70. The second kappa shape index (κ2) is 8.68. The van der Waals surface area contributed by atoms with Crippen molar-refractivity contribution in [3.63, 3.8) is 0 Å². The smallest absolute Gasteiger partial charge is 0.306 e. The van der Waals surface area contributed by atoms with Gasteiger partial charge in [0.25, 0.3) is 0 Å². The van der Waals surface area contributed by atoms with Crippen LogP contribution >= 0.6 is 0 Å². The van der Waals surface area contributed by atoms with E-state index in [4.69, 9.17) is 15.6 Å². The average Bonchev–Trinajstić information content (AvgIpc) is 2.16. The highest BCUT2D eigenvalue weighted by Gasteiger charge is 2.14. The van der Waals surface area contributed by atoms with E-state index in [9.17, 15) is 4.79 Å². The van der Waals surface area contributed by atoms with Crippen LogP contribution in [-0.2, 0) is 9.53 Å². The summed E-state index contributed by atoms with van der Waals surface area (Å²) in [7, 11) is 0. The van der Waals surface area contributed by atoms with E-state index in [1.54, 1.807) is 0 Å². The largest absolute Gasteiger partial charge is 0.466 e. The first-order valence-corrected chi connectivity index (χ1v) is 5.56. The summed E-state index contributed by atoms with van der Waals surface area (Å²) in [6.45, 7) is 5.10. The second-order valence-electron chi connectivity index (χ2n) is 4.23. The lowest BCUT2D eigenvalue weighted by molar-refractivity contribution is -0.145. The van der Waals surface area contributed by atoms with Crippen molar-refractivity contribution >= 4 is 5.97 Å². The molecule has 0 aromatic heterocycles. The Morgan fingerprint density at radius 2 is 2.13 bits per heavy atom. The van der Waals surface area contributed by atoms with Crippen molar-refractivity contribution < 1.29 is 14.6 Å². The van der Waals surface area contributed by atoms with Gasteiger partial charge in [0, 0.05) is 19.4 Å². The summed E-state index contributed by atoms with van der Waals surface area (Å²) >= 11 is 0. The Labute approximate surface area is 91.8 Å². The minimum absolute atomic E-state index is 0.0552. The Hall–Kier alpha value is -0.610. The lowest BCUT2D eigenvalue weighted by atomic mass is 9.94. The van der Waals surface area contributed by atoms with Gasteiger partial charge in [-0.2, -0.15) is 0 Å². The van der Waals surface area contributed by atoms with Gasteiger partial charge >= 0.3 is 5.97 Å². The maximum atomic E-state index is 11.3. The molecule has 0 aliphatic carbocycles. The number of carbonyl (C=O) groups is 1. The summed E-state index contributed by atoms with van der Waals surface area (Å²) in [6, 6.07) is 0. The second-order valence-corrected chi connectivity index (χ2v) is 4.23. The Morgan fingerprint density at radius 1 is 1.47 bits per heavy atom. The topological polar surface area (TPSA) is 72.6 Å². The summed E-state index contributed by atoms with van der Waals surface area (Å²) in [5.41, 5.74) is 5.58. The van der Waals surface area contributed by atoms with Crippen LogP contribution < -0.4 is 5.73 Å². The van der Waals surface area contributed by atoms with E-state index in [2.05, 4.69) is 13.8 Å². The van der Waals surface area contributed by atoms with Gasteiger partial charge in [-0.15, -0.1) is 0 Å². The van der Waals surface area contributed by atoms with Crippen LogP contribution in [-0.4, -0.2) is 30.8 Å². The van der Waals surface area contributed by atoms with E-state index >= 15 is 0 Å². The molecule has 0 saturated carbocycles. The number of aliphatic hydroxyl groups is 1. The number of hydrogen-bond acceptors (Lipinski definition) is 4. The van der Waals surface area contributed by atoms with Gasteiger partial charge < -0.3 is 15.6 Å². The van der Waals surface area contributed by atoms with Gasteiger partial charge in [0.05, 0.1) is 6.61 Å². The van der Waals surface area contributed by atoms with Gasteiger partial charge in [-0.05, 0) is 24.8 Å². The van der Waals surface area contributed by atoms with Gasteiger partial charge in [0.2, 0.25) is 0 Å². The summed E-state index contributed by atoms with van der Waals surface area (Å²) in [5.74, 6) is 0.551. The first kappa shape index (κ1) is 14.4. The first-order valence-electron chi connectivity index (χ1n) is 5.56. The van der Waals surface area contributed by atoms with Gasteiger partial charge in [-0.25, -0.2) is 0 Å². The third-order valence-corrected chi connectivity index (χ3v) is 2.16. The lowest BCUT2D eigenvalue weighted by Crippen LogP contribution is -2.21. The number of ether oxygens (including phenoxy) is 1. The van der Waals surface area contributed by atoms with Crippen molar-refractivity contribution in [3.05, 3.63) is 0 Å². The third-order valence-electron chi connectivity index (χ3n) is 2.16. The van der Waals surface area contributed by atoms with Crippen molar-refractivity contribution in [2.24, 2.45) is 17.6 Å². The molecule has 0 fully saturated rings. The SMILES string of the molecule is CC(C)C[C@H](CN)CC(=O)OCCCO. The van der Waals surface area contributed by atoms with E-state index in [1.807, 2.05) is 0 Å². The number of hydrogen-bond donors (Lipinski definition) is 2. The van der Waals surface area contributed by atoms with Crippen LogP contribution in [0, 0.1) is 11.8 Å². The summed E-state index contributed by atoms with van der Waals surface area (Å²) in [5, 5.41) is 8.51. The fourth-order valence-electron chi connectivity index (χ4n) is 1.47. The molecular formula is C11H23NO3. The molecule has 0 heterocycles. The standard InChI is InChI=1S/C11H23NO3/c1-9(2)6-10(8-12)7-11(14)15-5-3-4-13/h9-10,13H,3-8,12H2,1-2H3/t10-/m0/s1. The lowest BCUT2D eigenvalue weighted by Gasteiger charge is -2.15. The first-order chi connectivity index (χ1) is 7.10. The molecule has 0 radical (unpaired) electrons. The quantitative estimate of drug-likeness (QED) is 0.468. The predicted molar refractivity (Wildman–Crippen MR) is 59.3 cm³/mol. The van der Waals surface area contributed by atoms with E-state index in [0.717, 1.165) is 6.42 Å². The molecule has 0 bridgehead atoms. The minimum atomic E-state index is -0.209. The van der Waals surface area contributed by atoms with Gasteiger partial charge in [0.15, 0.2) is 0 Å². The third kappa shape index (κ3) is 8.39. The van der Waals surface area contributed by atoms with Crippen LogP contribution in [0.5, 0.6) is 0 Å². The van der Waals surface area contributed by atoms with Crippen LogP contribution in [0.3, 0.4) is 0 Å². The van der Waals surface area contributed by atoms with Crippen LogP contribution in [0.15, 0.2) is 0 Å². The van der Waals surface area contributed by atoms with E-state index in [0.29, 0.717) is 31.9 Å². The molecule has 0 rings (SSSR count). The number of nitrogens with two attached hydrogens (primary N) is 1. The predicted octanol–water partition coefficient (Wildman–Crippen LogP) is 0.923. The maximum absolute atomic E-state index is 11.3. The molecule has 3 N–H and O–H groups in total. The van der Waals surface area contributed by atoms with Crippen molar-refractivity contribution in [2.75, 3.05) is 19.8 Å². The minimum Gasteiger partial charge on any atom is -0.466 e. The molecule has 4 nitrogen and oxygen atoms in total. The molecule has 4 heteroatoms. The molecule has 0 aliphatic heterocycles. The Bertz CT molecular complexity index is 171. The normalized spacial score (nSPS) is 12.9. The molecule has 0 aliphatic rings. The molecule has 0 aromatic carbocycles. The van der Waals surface area contributed by atoms with Crippen molar-refractivity contribution in [1.29, 1.82) is 0 Å².